The average Bonchev–Trinajstić information content (AvgIpc) is 2.86. The maximum atomic E-state index is 11.6. The Hall–Kier alpha value is -2.76. The molecule has 0 radical (unpaired) electrons. The number of hydrogen-bond donors (Lipinski definition) is 1. The normalized spacial score (nSPS) is 17.3. The summed E-state index contributed by atoms with van der Waals surface area (Å²) in [7, 11) is 3.38. The number of aromatic nitrogens is 1. The van der Waals surface area contributed by atoms with Crippen LogP contribution in [0.2, 0.25) is 0 Å². The number of nitrogens with one attached hydrogen (secondary N) is 1. The van der Waals surface area contributed by atoms with Crippen LogP contribution in [0.5, 0.6) is 5.88 Å². The zero-order chi connectivity index (χ0) is 18.7. The van der Waals surface area contributed by atoms with E-state index in [1.54, 1.807) is 38.7 Å². The Morgan fingerprint density at radius 3 is 2.88 bits per heavy atom. The first-order valence-corrected chi connectivity index (χ1v) is 8.69. The number of allylic oxidation sites excluding steroid dienone is 3. The third-order valence-electron chi connectivity index (χ3n) is 4.64. The molecule has 2 amide bonds. The van der Waals surface area contributed by atoms with Crippen LogP contribution in [0, 0.1) is 5.41 Å². The summed E-state index contributed by atoms with van der Waals surface area (Å²) in [5, 5.41) is 2.75. The lowest BCUT2D eigenvalue weighted by atomic mass is 9.83. The Morgan fingerprint density at radius 2 is 2.19 bits per heavy atom. The van der Waals surface area contributed by atoms with Gasteiger partial charge in [-0.2, -0.15) is 0 Å². The highest BCUT2D eigenvalue weighted by Crippen LogP contribution is 2.48. The van der Waals surface area contributed by atoms with Crippen LogP contribution in [0.15, 0.2) is 53.6 Å². The Morgan fingerprint density at radius 1 is 1.38 bits per heavy atom. The molecule has 0 atom stereocenters. The second kappa shape index (κ2) is 7.23. The van der Waals surface area contributed by atoms with Gasteiger partial charge < -0.3 is 19.7 Å². The van der Waals surface area contributed by atoms with Crippen molar-refractivity contribution in [2.45, 2.75) is 26.7 Å². The van der Waals surface area contributed by atoms with E-state index in [9.17, 15) is 4.79 Å². The molecule has 1 aromatic heterocycles. The number of carbonyl (C=O) groups excluding carboxylic acids is 1. The van der Waals surface area contributed by atoms with Gasteiger partial charge >= 0.3 is 6.03 Å². The first-order valence-electron chi connectivity index (χ1n) is 8.69. The van der Waals surface area contributed by atoms with Gasteiger partial charge in [-0.15, -0.1) is 0 Å². The van der Waals surface area contributed by atoms with Crippen molar-refractivity contribution in [3.63, 3.8) is 0 Å². The summed E-state index contributed by atoms with van der Waals surface area (Å²) < 4.78 is 11.1. The lowest BCUT2D eigenvalue weighted by molar-refractivity contribution is 0.230. The zero-order valence-corrected chi connectivity index (χ0v) is 15.7. The predicted octanol–water partition coefficient (Wildman–Crippen LogP) is 4.10. The molecular weight excluding hydrogens is 330 g/mol. The van der Waals surface area contributed by atoms with Gasteiger partial charge in [0.25, 0.3) is 0 Å². The van der Waals surface area contributed by atoms with Crippen LogP contribution in [0.3, 0.4) is 0 Å². The van der Waals surface area contributed by atoms with Gasteiger partial charge in [0.15, 0.2) is 0 Å². The van der Waals surface area contributed by atoms with E-state index in [1.165, 1.54) is 21.6 Å². The van der Waals surface area contributed by atoms with Crippen LogP contribution in [0.1, 0.15) is 26.7 Å². The number of nitrogens with zero attached hydrogens (tertiary/aromatic N) is 2. The predicted molar refractivity (Wildman–Crippen MR) is 101 cm³/mol. The number of ether oxygens (including phenoxy) is 2. The van der Waals surface area contributed by atoms with Gasteiger partial charge in [0.05, 0.1) is 31.0 Å². The minimum Gasteiger partial charge on any atom is -0.477 e. The largest absolute Gasteiger partial charge is 0.477 e. The second-order valence-electron chi connectivity index (χ2n) is 7.34. The molecule has 2 heterocycles. The van der Waals surface area contributed by atoms with E-state index >= 15 is 0 Å². The van der Waals surface area contributed by atoms with Crippen molar-refractivity contribution in [2.24, 2.45) is 5.41 Å². The van der Waals surface area contributed by atoms with E-state index in [1.807, 2.05) is 12.3 Å². The molecule has 0 unspecified atom stereocenters. The van der Waals surface area contributed by atoms with E-state index in [0.717, 1.165) is 12.8 Å². The molecule has 1 N–H and O–H groups in total. The standard InChI is InChI=1S/C20H25N3O3/c1-20(2)11-14-13-25-9-7-16(14)17(20)8-10-26-18-6-5-15(12-21-18)22-19(24)23(3)4/h5-7,9,12-13H,8,10-11H2,1-4H3,(H,22,24). The fourth-order valence-corrected chi connectivity index (χ4v) is 3.28. The first kappa shape index (κ1) is 18.0. The van der Waals surface area contributed by atoms with Gasteiger partial charge in [0, 0.05) is 26.6 Å². The number of urea groups is 1. The van der Waals surface area contributed by atoms with Crippen LogP contribution in [0.4, 0.5) is 10.5 Å². The minimum absolute atomic E-state index is 0.107. The fourth-order valence-electron chi connectivity index (χ4n) is 3.28. The van der Waals surface area contributed by atoms with Crippen molar-refractivity contribution in [3.8, 4) is 5.88 Å². The summed E-state index contributed by atoms with van der Waals surface area (Å²) in [5.74, 6) is 0.549. The van der Waals surface area contributed by atoms with Gasteiger partial charge in [-0.3, -0.25) is 0 Å². The van der Waals surface area contributed by atoms with Crippen molar-refractivity contribution in [1.29, 1.82) is 0 Å². The maximum absolute atomic E-state index is 11.6. The van der Waals surface area contributed by atoms with Crippen LogP contribution in [-0.2, 0) is 4.74 Å². The van der Waals surface area contributed by atoms with Gasteiger partial charge in [-0.1, -0.05) is 19.4 Å². The molecule has 3 rings (SSSR count). The second-order valence-corrected chi connectivity index (χ2v) is 7.34. The summed E-state index contributed by atoms with van der Waals surface area (Å²) >= 11 is 0. The average molecular weight is 355 g/mol. The van der Waals surface area contributed by atoms with Crippen LogP contribution >= 0.6 is 0 Å². The maximum Gasteiger partial charge on any atom is 0.321 e. The third-order valence-corrected chi connectivity index (χ3v) is 4.64. The Balaban J connectivity index is 1.58. The highest BCUT2D eigenvalue weighted by atomic mass is 16.5. The Bertz CT molecular complexity index is 774. The number of rotatable bonds is 5. The highest BCUT2D eigenvalue weighted by molar-refractivity contribution is 5.88. The third kappa shape index (κ3) is 3.90. The van der Waals surface area contributed by atoms with E-state index in [2.05, 4.69) is 24.1 Å². The molecule has 26 heavy (non-hydrogen) atoms. The number of amides is 2. The molecule has 0 saturated heterocycles. The summed E-state index contributed by atoms with van der Waals surface area (Å²) in [6.07, 6.45) is 9.03. The van der Waals surface area contributed by atoms with Gasteiger partial charge in [0.1, 0.15) is 0 Å². The molecule has 6 heteroatoms. The number of anilines is 1. The van der Waals surface area contributed by atoms with Crippen molar-refractivity contribution in [1.82, 2.24) is 9.88 Å². The lowest BCUT2D eigenvalue weighted by Crippen LogP contribution is -2.27. The van der Waals surface area contributed by atoms with E-state index in [4.69, 9.17) is 9.47 Å². The molecular formula is C20H25N3O3. The zero-order valence-electron chi connectivity index (χ0n) is 15.7. The summed E-state index contributed by atoms with van der Waals surface area (Å²) in [5.41, 5.74) is 4.67. The number of fused-ring (bicyclic) bond motifs is 1. The van der Waals surface area contributed by atoms with Crippen LogP contribution in [-0.4, -0.2) is 36.6 Å². The number of pyridine rings is 1. The number of carbonyl (C=O) groups is 1. The minimum atomic E-state index is -0.189. The van der Waals surface area contributed by atoms with Crippen LogP contribution in [0.25, 0.3) is 0 Å². The van der Waals surface area contributed by atoms with E-state index < -0.39 is 0 Å². The topological polar surface area (TPSA) is 63.7 Å². The Labute approximate surface area is 154 Å². The van der Waals surface area contributed by atoms with E-state index in [0.29, 0.717) is 18.2 Å². The molecule has 0 aromatic carbocycles. The fraction of sp³-hybridized carbons (Fsp3) is 0.400. The molecule has 2 aliphatic rings. The van der Waals surface area contributed by atoms with Crippen molar-refractivity contribution >= 4 is 11.7 Å². The summed E-state index contributed by atoms with van der Waals surface area (Å²) in [6.45, 7) is 5.06. The molecule has 0 spiro atoms. The summed E-state index contributed by atoms with van der Waals surface area (Å²) in [6, 6.07) is 3.36. The van der Waals surface area contributed by atoms with Crippen molar-refractivity contribution < 1.29 is 14.3 Å². The van der Waals surface area contributed by atoms with Crippen LogP contribution < -0.4 is 10.1 Å². The molecule has 1 aliphatic carbocycles. The number of hydrogen-bond acceptors (Lipinski definition) is 4. The molecule has 0 saturated carbocycles. The molecule has 0 fully saturated rings. The Kier molecular flexibility index (Phi) is 5.02. The quantitative estimate of drug-likeness (QED) is 0.864. The molecule has 0 bridgehead atoms. The molecule has 138 valence electrons. The first-order chi connectivity index (χ1) is 12.4. The van der Waals surface area contributed by atoms with Gasteiger partial charge in [-0.25, -0.2) is 9.78 Å². The van der Waals surface area contributed by atoms with Crippen molar-refractivity contribution in [3.05, 3.63) is 53.6 Å². The van der Waals surface area contributed by atoms with Crippen molar-refractivity contribution in [2.75, 3.05) is 26.0 Å². The SMILES string of the molecule is CN(C)C(=O)Nc1ccc(OCCC2=C3C=COC=C3CC2(C)C)nc1. The molecule has 1 aliphatic heterocycles. The van der Waals surface area contributed by atoms with Gasteiger partial charge in [-0.05, 0) is 35.1 Å². The monoisotopic (exact) mass is 355 g/mol. The van der Waals surface area contributed by atoms with Gasteiger partial charge in [0.2, 0.25) is 5.88 Å². The smallest absolute Gasteiger partial charge is 0.321 e. The molecule has 6 nitrogen and oxygen atoms in total. The lowest BCUT2D eigenvalue weighted by Gasteiger charge is -2.22. The molecule has 1 aromatic rings. The summed E-state index contributed by atoms with van der Waals surface area (Å²) in [4.78, 5) is 17.3. The van der Waals surface area contributed by atoms with E-state index in [-0.39, 0.29) is 11.4 Å². The highest BCUT2D eigenvalue weighted by Gasteiger charge is 2.35.